The summed E-state index contributed by atoms with van der Waals surface area (Å²) in [5, 5.41) is 19.7. The first kappa shape index (κ1) is 16.0. The lowest BCUT2D eigenvalue weighted by molar-refractivity contribution is 0.475. The molecule has 0 radical (unpaired) electrons. The third kappa shape index (κ3) is 2.43. The van der Waals surface area contributed by atoms with Crippen molar-refractivity contribution in [3.05, 3.63) is 102 Å². The van der Waals surface area contributed by atoms with E-state index < -0.39 is 0 Å². The molecule has 0 aromatic heterocycles. The van der Waals surface area contributed by atoms with Crippen LogP contribution in [0.1, 0.15) is 11.1 Å². The second-order valence-corrected chi connectivity index (χ2v) is 7.43. The van der Waals surface area contributed by atoms with E-state index in [1.807, 2.05) is 12.1 Å². The largest absolute Gasteiger partial charge is 0.508 e. The standard InChI is InChI=1S/C28H16O/c29-22-14-12-18(13-15-22)10-11-19-16-21-6-3-8-24-23-7-1-4-20-5-2-9-25(27(20)23)26(17-19)28(21)24/h1-9,12-17,29H. The lowest BCUT2D eigenvalue weighted by Crippen LogP contribution is -1.88. The predicted molar refractivity (Wildman–Crippen MR) is 122 cm³/mol. The minimum atomic E-state index is 0.255. The summed E-state index contributed by atoms with van der Waals surface area (Å²) in [6.07, 6.45) is 0. The molecule has 6 aromatic carbocycles. The highest BCUT2D eigenvalue weighted by molar-refractivity contribution is 6.32. The summed E-state index contributed by atoms with van der Waals surface area (Å²) in [5.41, 5.74) is 1.88. The van der Waals surface area contributed by atoms with Gasteiger partial charge in [0, 0.05) is 11.1 Å². The number of benzene rings is 6. The first-order valence-corrected chi connectivity index (χ1v) is 9.68. The van der Waals surface area contributed by atoms with Crippen molar-refractivity contribution in [2.45, 2.75) is 0 Å². The van der Waals surface area contributed by atoms with Crippen LogP contribution in [0.3, 0.4) is 0 Å². The van der Waals surface area contributed by atoms with E-state index >= 15 is 0 Å². The van der Waals surface area contributed by atoms with Crippen molar-refractivity contribution in [1.82, 2.24) is 0 Å². The number of phenolic OH excluding ortho intramolecular Hbond substituents is 1. The fourth-order valence-electron chi connectivity index (χ4n) is 4.42. The Morgan fingerprint density at radius 1 is 0.483 bits per heavy atom. The normalized spacial score (nSPS) is 11.3. The van der Waals surface area contributed by atoms with Crippen molar-refractivity contribution in [3.8, 4) is 17.6 Å². The first-order chi connectivity index (χ1) is 14.3. The molecule has 0 saturated carbocycles. The van der Waals surface area contributed by atoms with E-state index in [4.69, 9.17) is 0 Å². The zero-order valence-electron chi connectivity index (χ0n) is 15.6. The Bertz CT molecular complexity index is 1590. The number of phenols is 1. The van der Waals surface area contributed by atoms with Crippen LogP contribution in [0.15, 0.2) is 91.0 Å². The molecule has 0 fully saturated rings. The zero-order chi connectivity index (χ0) is 19.4. The van der Waals surface area contributed by atoms with Crippen molar-refractivity contribution in [3.63, 3.8) is 0 Å². The average molecular weight is 368 g/mol. The first-order valence-electron chi connectivity index (χ1n) is 9.68. The predicted octanol–water partition coefficient (Wildman–Crippen LogP) is 6.84. The van der Waals surface area contributed by atoms with Gasteiger partial charge >= 0.3 is 0 Å². The highest BCUT2D eigenvalue weighted by Gasteiger charge is 2.12. The van der Waals surface area contributed by atoms with Crippen LogP contribution in [0, 0.1) is 11.8 Å². The third-order valence-electron chi connectivity index (χ3n) is 5.68. The molecule has 6 rings (SSSR count). The maximum absolute atomic E-state index is 9.47. The van der Waals surface area contributed by atoms with Crippen LogP contribution in [0.2, 0.25) is 0 Å². The molecule has 0 aliphatic carbocycles. The molecule has 0 saturated heterocycles. The lowest BCUT2D eigenvalue weighted by Gasteiger charge is -2.14. The summed E-state index contributed by atoms with van der Waals surface area (Å²) in [6, 6.07) is 31.0. The van der Waals surface area contributed by atoms with E-state index in [-0.39, 0.29) is 5.75 Å². The summed E-state index contributed by atoms with van der Waals surface area (Å²) in [5.74, 6) is 6.79. The van der Waals surface area contributed by atoms with Gasteiger partial charge in [-0.2, -0.15) is 0 Å². The Morgan fingerprint density at radius 3 is 1.72 bits per heavy atom. The molecule has 0 heterocycles. The molecule has 0 aliphatic heterocycles. The van der Waals surface area contributed by atoms with Gasteiger partial charge in [0.25, 0.3) is 0 Å². The summed E-state index contributed by atoms with van der Waals surface area (Å²) >= 11 is 0. The molecule has 29 heavy (non-hydrogen) atoms. The lowest BCUT2D eigenvalue weighted by atomic mass is 9.89. The van der Waals surface area contributed by atoms with Gasteiger partial charge in [0.1, 0.15) is 5.75 Å². The van der Waals surface area contributed by atoms with Gasteiger partial charge < -0.3 is 5.11 Å². The SMILES string of the molecule is Oc1ccc(C#Cc2cc3cccc4c5cccc6cccc(c(c2)c34)c65)cc1. The Hall–Kier alpha value is -4.02. The Balaban J connectivity index is 1.70. The van der Waals surface area contributed by atoms with Gasteiger partial charge in [-0.15, -0.1) is 0 Å². The second kappa shape index (κ2) is 5.99. The van der Waals surface area contributed by atoms with E-state index in [9.17, 15) is 5.11 Å². The molecule has 1 heteroatoms. The molecule has 134 valence electrons. The third-order valence-corrected chi connectivity index (χ3v) is 5.68. The van der Waals surface area contributed by atoms with E-state index in [0.29, 0.717) is 0 Å². The van der Waals surface area contributed by atoms with Crippen LogP contribution in [0.5, 0.6) is 5.75 Å². The minimum absolute atomic E-state index is 0.255. The average Bonchev–Trinajstić information content (AvgIpc) is 2.76. The quantitative estimate of drug-likeness (QED) is 0.177. The fraction of sp³-hybridized carbons (Fsp3) is 0. The molecule has 0 bridgehead atoms. The highest BCUT2D eigenvalue weighted by Crippen LogP contribution is 2.40. The molecule has 0 atom stereocenters. The van der Waals surface area contributed by atoms with Crippen LogP contribution in [-0.2, 0) is 0 Å². The molecule has 1 nitrogen and oxygen atoms in total. The minimum Gasteiger partial charge on any atom is -0.508 e. The van der Waals surface area contributed by atoms with Gasteiger partial charge in [0.15, 0.2) is 0 Å². The smallest absolute Gasteiger partial charge is 0.115 e. The van der Waals surface area contributed by atoms with Crippen molar-refractivity contribution in [2.24, 2.45) is 0 Å². The second-order valence-electron chi connectivity index (χ2n) is 7.43. The van der Waals surface area contributed by atoms with Gasteiger partial charge in [-0.25, -0.2) is 0 Å². The maximum Gasteiger partial charge on any atom is 0.115 e. The molecule has 0 unspecified atom stereocenters. The van der Waals surface area contributed by atoms with E-state index in [2.05, 4.69) is 78.6 Å². The summed E-state index contributed by atoms with van der Waals surface area (Å²) in [7, 11) is 0. The highest BCUT2D eigenvalue weighted by atomic mass is 16.3. The van der Waals surface area contributed by atoms with E-state index in [1.54, 1.807) is 12.1 Å². The topological polar surface area (TPSA) is 20.2 Å². The Labute approximate surface area is 168 Å². The van der Waals surface area contributed by atoms with Crippen molar-refractivity contribution < 1.29 is 5.11 Å². The molecular formula is C28H16O. The van der Waals surface area contributed by atoms with Crippen LogP contribution >= 0.6 is 0 Å². The van der Waals surface area contributed by atoms with Gasteiger partial charge in [-0.05, 0) is 79.5 Å². The fourth-order valence-corrected chi connectivity index (χ4v) is 4.42. The van der Waals surface area contributed by atoms with Crippen molar-refractivity contribution in [2.75, 3.05) is 0 Å². The Kier molecular flexibility index (Phi) is 3.30. The van der Waals surface area contributed by atoms with E-state index in [1.165, 1.54) is 43.1 Å². The van der Waals surface area contributed by atoms with Crippen LogP contribution in [-0.4, -0.2) is 5.11 Å². The summed E-state index contributed by atoms with van der Waals surface area (Å²) in [4.78, 5) is 0. The van der Waals surface area contributed by atoms with Crippen LogP contribution < -0.4 is 0 Å². The van der Waals surface area contributed by atoms with Gasteiger partial charge in [-0.3, -0.25) is 0 Å². The summed E-state index contributed by atoms with van der Waals surface area (Å²) in [6.45, 7) is 0. The van der Waals surface area contributed by atoms with Crippen LogP contribution in [0.4, 0.5) is 0 Å². The summed E-state index contributed by atoms with van der Waals surface area (Å²) < 4.78 is 0. The van der Waals surface area contributed by atoms with Crippen molar-refractivity contribution >= 4 is 43.1 Å². The van der Waals surface area contributed by atoms with Gasteiger partial charge in [0.05, 0.1) is 0 Å². The molecule has 6 aromatic rings. The maximum atomic E-state index is 9.47. The monoisotopic (exact) mass is 368 g/mol. The number of hydrogen-bond donors (Lipinski definition) is 1. The number of aromatic hydroxyl groups is 1. The van der Waals surface area contributed by atoms with E-state index in [0.717, 1.165) is 11.1 Å². The van der Waals surface area contributed by atoms with Crippen LogP contribution in [0.25, 0.3) is 43.1 Å². The van der Waals surface area contributed by atoms with Crippen molar-refractivity contribution in [1.29, 1.82) is 0 Å². The van der Waals surface area contributed by atoms with Gasteiger partial charge in [0.2, 0.25) is 0 Å². The molecule has 0 amide bonds. The number of hydrogen-bond acceptors (Lipinski definition) is 1. The molecule has 1 N–H and O–H groups in total. The molecular weight excluding hydrogens is 352 g/mol. The zero-order valence-corrected chi connectivity index (χ0v) is 15.6. The Morgan fingerprint density at radius 2 is 1.03 bits per heavy atom. The molecule has 0 aliphatic rings. The molecule has 0 spiro atoms. The number of rotatable bonds is 0. The van der Waals surface area contributed by atoms with Gasteiger partial charge in [-0.1, -0.05) is 66.4 Å². The number of fused-ring (bicyclic) bond motifs is 2.